The molecule has 0 saturated carbocycles. The summed E-state index contributed by atoms with van der Waals surface area (Å²) < 4.78 is 12.5. The molecule has 2 nitrogen and oxygen atoms in total. The van der Waals surface area contributed by atoms with Gasteiger partial charge in [0.15, 0.2) is 0 Å². The molecule has 0 unspecified atom stereocenters. The van der Waals surface area contributed by atoms with Crippen LogP contribution in [0.1, 0.15) is 27.7 Å². The fourth-order valence-corrected chi connectivity index (χ4v) is 1.25. The standard InChI is InChI=1S/C10H18FNO/c1-7(2)10(3,4)9(13)12-5-8(11)6-12/h7-8H,5-6H2,1-4H3. The molecule has 0 spiro atoms. The molecule has 0 aliphatic carbocycles. The van der Waals surface area contributed by atoms with Crippen molar-refractivity contribution in [1.82, 2.24) is 4.90 Å². The quantitative estimate of drug-likeness (QED) is 0.646. The molecular weight excluding hydrogens is 169 g/mol. The Balaban J connectivity index is 2.57. The van der Waals surface area contributed by atoms with Crippen LogP contribution in [0.3, 0.4) is 0 Å². The summed E-state index contributed by atoms with van der Waals surface area (Å²) in [5.74, 6) is 0.370. The fraction of sp³-hybridized carbons (Fsp3) is 0.900. The van der Waals surface area contributed by atoms with Crippen LogP contribution < -0.4 is 0 Å². The Morgan fingerprint density at radius 2 is 1.92 bits per heavy atom. The van der Waals surface area contributed by atoms with Gasteiger partial charge >= 0.3 is 0 Å². The van der Waals surface area contributed by atoms with Crippen molar-refractivity contribution >= 4 is 5.91 Å². The zero-order valence-corrected chi connectivity index (χ0v) is 8.80. The van der Waals surface area contributed by atoms with Crippen LogP contribution in [0.5, 0.6) is 0 Å². The van der Waals surface area contributed by atoms with E-state index in [0.29, 0.717) is 5.92 Å². The van der Waals surface area contributed by atoms with Gasteiger partial charge in [0.05, 0.1) is 13.1 Å². The number of halogens is 1. The predicted octanol–water partition coefficient (Wildman–Crippen LogP) is 1.85. The zero-order chi connectivity index (χ0) is 10.2. The number of likely N-dealkylation sites (tertiary alicyclic amines) is 1. The van der Waals surface area contributed by atoms with Crippen molar-refractivity contribution in [2.45, 2.75) is 33.9 Å². The molecule has 1 heterocycles. The summed E-state index contributed by atoms with van der Waals surface area (Å²) in [6, 6.07) is 0. The van der Waals surface area contributed by atoms with Crippen molar-refractivity contribution in [1.29, 1.82) is 0 Å². The first-order valence-electron chi connectivity index (χ1n) is 4.79. The Kier molecular flexibility index (Phi) is 2.64. The van der Waals surface area contributed by atoms with E-state index < -0.39 is 6.17 Å². The van der Waals surface area contributed by atoms with Crippen molar-refractivity contribution in [2.75, 3.05) is 13.1 Å². The first-order valence-corrected chi connectivity index (χ1v) is 4.79. The minimum Gasteiger partial charge on any atom is -0.336 e. The minimum absolute atomic E-state index is 0.0800. The van der Waals surface area contributed by atoms with Gasteiger partial charge in [0.1, 0.15) is 6.17 Å². The lowest BCUT2D eigenvalue weighted by Crippen LogP contribution is -2.56. The normalized spacial score (nSPS) is 19.1. The monoisotopic (exact) mass is 187 g/mol. The number of carbonyl (C=O) groups is 1. The lowest BCUT2D eigenvalue weighted by Gasteiger charge is -2.41. The molecule has 1 rings (SSSR count). The summed E-state index contributed by atoms with van der Waals surface area (Å²) in [5.41, 5.74) is -0.361. The van der Waals surface area contributed by atoms with Crippen molar-refractivity contribution < 1.29 is 9.18 Å². The third kappa shape index (κ3) is 1.84. The van der Waals surface area contributed by atoms with Crippen LogP contribution in [0.4, 0.5) is 4.39 Å². The van der Waals surface area contributed by atoms with Crippen LogP contribution in [0.2, 0.25) is 0 Å². The van der Waals surface area contributed by atoms with Gasteiger partial charge in [-0.3, -0.25) is 4.79 Å². The second-order valence-electron chi connectivity index (χ2n) is 4.68. The maximum Gasteiger partial charge on any atom is 0.228 e. The van der Waals surface area contributed by atoms with Crippen LogP contribution in [-0.2, 0) is 4.79 Å². The second-order valence-corrected chi connectivity index (χ2v) is 4.68. The molecule has 3 heteroatoms. The smallest absolute Gasteiger partial charge is 0.228 e. The van der Waals surface area contributed by atoms with Crippen LogP contribution >= 0.6 is 0 Å². The highest BCUT2D eigenvalue weighted by molar-refractivity contribution is 5.83. The van der Waals surface area contributed by atoms with Crippen molar-refractivity contribution in [3.05, 3.63) is 0 Å². The first kappa shape index (κ1) is 10.5. The maximum atomic E-state index is 12.5. The number of hydrogen-bond acceptors (Lipinski definition) is 1. The first-order chi connectivity index (χ1) is 5.85. The summed E-state index contributed by atoms with van der Waals surface area (Å²) in [6.45, 7) is 8.45. The molecule has 1 amide bonds. The van der Waals surface area contributed by atoms with E-state index in [1.165, 1.54) is 0 Å². The molecule has 76 valence electrons. The van der Waals surface area contributed by atoms with Crippen LogP contribution in [-0.4, -0.2) is 30.1 Å². The highest BCUT2D eigenvalue weighted by atomic mass is 19.1. The average molecular weight is 187 g/mol. The van der Waals surface area contributed by atoms with E-state index in [9.17, 15) is 9.18 Å². The average Bonchev–Trinajstić information content (AvgIpc) is 1.97. The second kappa shape index (κ2) is 3.28. The van der Waals surface area contributed by atoms with Gasteiger partial charge in [-0.1, -0.05) is 27.7 Å². The van der Waals surface area contributed by atoms with Gasteiger partial charge in [-0.15, -0.1) is 0 Å². The molecular formula is C10H18FNO. The molecule has 1 saturated heterocycles. The molecule has 0 aromatic heterocycles. The molecule has 0 atom stereocenters. The highest BCUT2D eigenvalue weighted by Crippen LogP contribution is 2.30. The summed E-state index contributed by atoms with van der Waals surface area (Å²) >= 11 is 0. The molecule has 1 aliphatic heterocycles. The largest absolute Gasteiger partial charge is 0.336 e. The molecule has 0 N–H and O–H groups in total. The minimum atomic E-state index is -0.799. The van der Waals surface area contributed by atoms with E-state index in [-0.39, 0.29) is 24.4 Å². The number of carbonyl (C=O) groups excluding carboxylic acids is 1. The van der Waals surface area contributed by atoms with Crippen molar-refractivity contribution in [2.24, 2.45) is 11.3 Å². The van der Waals surface area contributed by atoms with Crippen LogP contribution in [0.15, 0.2) is 0 Å². The van der Waals surface area contributed by atoms with Gasteiger partial charge < -0.3 is 4.90 Å². The predicted molar refractivity (Wildman–Crippen MR) is 50.1 cm³/mol. The van der Waals surface area contributed by atoms with E-state index in [1.807, 2.05) is 27.7 Å². The summed E-state index contributed by atoms with van der Waals surface area (Å²) in [6.07, 6.45) is -0.799. The van der Waals surface area contributed by atoms with E-state index in [4.69, 9.17) is 0 Å². The SMILES string of the molecule is CC(C)C(C)(C)C(=O)N1CC(F)C1. The molecule has 13 heavy (non-hydrogen) atoms. The molecule has 0 radical (unpaired) electrons. The number of rotatable bonds is 2. The third-order valence-electron chi connectivity index (χ3n) is 3.12. The van der Waals surface area contributed by atoms with E-state index in [0.717, 1.165) is 0 Å². The van der Waals surface area contributed by atoms with Gasteiger partial charge in [-0.25, -0.2) is 4.39 Å². The van der Waals surface area contributed by atoms with E-state index in [1.54, 1.807) is 4.90 Å². The molecule has 1 fully saturated rings. The Morgan fingerprint density at radius 3 is 2.23 bits per heavy atom. The number of amides is 1. The number of alkyl halides is 1. The van der Waals surface area contributed by atoms with Gasteiger partial charge in [-0.2, -0.15) is 0 Å². The van der Waals surface area contributed by atoms with Crippen molar-refractivity contribution in [3.8, 4) is 0 Å². The highest BCUT2D eigenvalue weighted by Gasteiger charge is 2.40. The number of nitrogens with zero attached hydrogens (tertiary/aromatic N) is 1. The maximum absolute atomic E-state index is 12.5. The van der Waals surface area contributed by atoms with E-state index in [2.05, 4.69) is 0 Å². The molecule has 0 aromatic carbocycles. The Morgan fingerprint density at radius 1 is 1.46 bits per heavy atom. The zero-order valence-electron chi connectivity index (χ0n) is 8.80. The summed E-state index contributed by atoms with van der Waals surface area (Å²) in [7, 11) is 0. The summed E-state index contributed by atoms with van der Waals surface area (Å²) in [4.78, 5) is 13.4. The van der Waals surface area contributed by atoms with Crippen LogP contribution in [0, 0.1) is 11.3 Å². The number of hydrogen-bond donors (Lipinski definition) is 0. The third-order valence-corrected chi connectivity index (χ3v) is 3.12. The lowest BCUT2D eigenvalue weighted by atomic mass is 9.79. The van der Waals surface area contributed by atoms with Gasteiger partial charge in [0.25, 0.3) is 0 Å². The molecule has 0 bridgehead atoms. The molecule has 1 aliphatic rings. The summed E-state index contributed by atoms with van der Waals surface area (Å²) in [5, 5.41) is 0. The molecule has 0 aromatic rings. The topological polar surface area (TPSA) is 20.3 Å². The van der Waals surface area contributed by atoms with Gasteiger partial charge in [0, 0.05) is 5.41 Å². The lowest BCUT2D eigenvalue weighted by molar-refractivity contribution is -0.150. The Bertz CT molecular complexity index is 207. The Hall–Kier alpha value is -0.600. The van der Waals surface area contributed by atoms with E-state index >= 15 is 0 Å². The fourth-order valence-electron chi connectivity index (χ4n) is 1.25. The van der Waals surface area contributed by atoms with Crippen LogP contribution in [0.25, 0.3) is 0 Å². The van der Waals surface area contributed by atoms with Crippen molar-refractivity contribution in [3.63, 3.8) is 0 Å². The van der Waals surface area contributed by atoms with Gasteiger partial charge in [0.2, 0.25) is 5.91 Å². The van der Waals surface area contributed by atoms with Gasteiger partial charge in [-0.05, 0) is 5.92 Å². The Labute approximate surface area is 79.1 Å².